The van der Waals surface area contributed by atoms with E-state index in [0.717, 1.165) is 0 Å². The van der Waals surface area contributed by atoms with Crippen LogP contribution in [0.5, 0.6) is 0 Å². The Kier molecular flexibility index (Phi) is 2.56. The first-order valence-corrected chi connectivity index (χ1v) is 6.33. The van der Waals surface area contributed by atoms with Crippen molar-refractivity contribution in [2.45, 2.75) is 19.4 Å². The first kappa shape index (κ1) is 10.7. The summed E-state index contributed by atoms with van der Waals surface area (Å²) in [7, 11) is 2.12. The fraction of sp³-hybridized carbons (Fsp3) is 0.429. The normalized spacial score (nSPS) is 16.0. The molecule has 1 aliphatic rings. The third-order valence-corrected chi connectivity index (χ3v) is 3.79. The third kappa shape index (κ3) is 1.62. The van der Waals surface area contributed by atoms with Gasteiger partial charge in [-0.2, -0.15) is 0 Å². The molecule has 0 amide bonds. The first-order chi connectivity index (χ1) is 8.31. The highest BCUT2D eigenvalue weighted by molar-refractivity contribution is 5.93. The Morgan fingerprint density at radius 2 is 2.00 bits per heavy atom. The van der Waals surface area contributed by atoms with Crippen molar-refractivity contribution >= 4 is 16.6 Å². The van der Waals surface area contributed by atoms with Gasteiger partial charge in [-0.3, -0.25) is 0 Å². The maximum atomic E-state index is 5.78. The molecule has 1 aromatic carbocycles. The zero-order valence-corrected chi connectivity index (χ0v) is 10.3. The molecule has 3 rings (SSSR count). The van der Waals surface area contributed by atoms with Crippen molar-refractivity contribution in [3.63, 3.8) is 0 Å². The molecule has 2 heterocycles. The quantitative estimate of drug-likeness (QED) is 0.857. The van der Waals surface area contributed by atoms with E-state index in [1.54, 1.807) is 0 Å². The van der Waals surface area contributed by atoms with Crippen molar-refractivity contribution in [3.05, 3.63) is 30.0 Å². The second-order valence-electron chi connectivity index (χ2n) is 4.81. The number of para-hydroxylation sites is 1. The molecule has 3 nitrogen and oxygen atoms in total. The standard InChI is InChI=1S/C14H19N3/c1-16-12(10-15)9-11-5-4-6-13(14(11)16)17-7-2-3-8-17/h4-6,9H,2-3,7-8,10,15H2,1H3. The van der Waals surface area contributed by atoms with Gasteiger partial charge in [0.15, 0.2) is 0 Å². The van der Waals surface area contributed by atoms with Crippen LogP contribution < -0.4 is 10.6 Å². The Morgan fingerprint density at radius 1 is 1.24 bits per heavy atom. The Hall–Kier alpha value is -1.48. The number of aryl methyl sites for hydroxylation is 1. The van der Waals surface area contributed by atoms with Gasteiger partial charge in [0.2, 0.25) is 0 Å². The number of nitrogens with zero attached hydrogens (tertiary/aromatic N) is 2. The highest BCUT2D eigenvalue weighted by atomic mass is 15.2. The number of nitrogens with two attached hydrogens (primary N) is 1. The highest BCUT2D eigenvalue weighted by Gasteiger charge is 2.17. The summed E-state index contributed by atoms with van der Waals surface area (Å²) in [5.41, 5.74) is 9.68. The first-order valence-electron chi connectivity index (χ1n) is 6.33. The van der Waals surface area contributed by atoms with Crippen LogP contribution in [-0.2, 0) is 13.6 Å². The molecule has 0 saturated carbocycles. The van der Waals surface area contributed by atoms with Crippen LogP contribution in [0, 0.1) is 0 Å². The minimum Gasteiger partial charge on any atom is -0.370 e. The number of benzene rings is 1. The second-order valence-corrected chi connectivity index (χ2v) is 4.81. The van der Waals surface area contributed by atoms with Crippen LogP contribution in [0.4, 0.5) is 5.69 Å². The summed E-state index contributed by atoms with van der Waals surface area (Å²) in [5, 5.41) is 1.30. The molecule has 0 spiro atoms. The van der Waals surface area contributed by atoms with E-state index in [4.69, 9.17) is 5.73 Å². The Labute approximate surface area is 102 Å². The van der Waals surface area contributed by atoms with Gasteiger partial charge < -0.3 is 15.2 Å². The summed E-state index contributed by atoms with van der Waals surface area (Å²) in [6.45, 7) is 2.97. The van der Waals surface area contributed by atoms with E-state index in [2.05, 4.69) is 40.8 Å². The molecule has 0 atom stereocenters. The van der Waals surface area contributed by atoms with Gasteiger partial charge in [-0.05, 0) is 25.0 Å². The predicted octanol–water partition coefficient (Wildman–Crippen LogP) is 2.24. The van der Waals surface area contributed by atoms with Crippen molar-refractivity contribution in [2.24, 2.45) is 12.8 Å². The number of rotatable bonds is 2. The fourth-order valence-corrected chi connectivity index (χ4v) is 2.86. The van der Waals surface area contributed by atoms with E-state index in [9.17, 15) is 0 Å². The lowest BCUT2D eigenvalue weighted by Crippen LogP contribution is -2.18. The Balaban J connectivity index is 2.20. The van der Waals surface area contributed by atoms with Gasteiger partial charge in [0.05, 0.1) is 11.2 Å². The number of hydrogen-bond acceptors (Lipinski definition) is 2. The molecular weight excluding hydrogens is 210 g/mol. The SMILES string of the molecule is Cn1c(CN)cc2cccc(N3CCCC3)c21. The van der Waals surface area contributed by atoms with E-state index in [1.165, 1.54) is 48.2 Å². The minimum atomic E-state index is 0.602. The Bertz CT molecular complexity index is 536. The van der Waals surface area contributed by atoms with Crippen LogP contribution in [0.15, 0.2) is 24.3 Å². The van der Waals surface area contributed by atoms with Crippen molar-refractivity contribution in [3.8, 4) is 0 Å². The van der Waals surface area contributed by atoms with E-state index in [-0.39, 0.29) is 0 Å². The van der Waals surface area contributed by atoms with Gasteiger partial charge in [0, 0.05) is 37.8 Å². The smallest absolute Gasteiger partial charge is 0.0718 e. The molecule has 0 bridgehead atoms. The summed E-state index contributed by atoms with van der Waals surface area (Å²) < 4.78 is 2.24. The molecule has 1 saturated heterocycles. The zero-order chi connectivity index (χ0) is 11.8. The summed E-state index contributed by atoms with van der Waals surface area (Å²) in [6, 6.07) is 8.76. The number of fused-ring (bicyclic) bond motifs is 1. The van der Waals surface area contributed by atoms with Gasteiger partial charge in [0.1, 0.15) is 0 Å². The van der Waals surface area contributed by atoms with Gasteiger partial charge >= 0.3 is 0 Å². The topological polar surface area (TPSA) is 34.2 Å². The van der Waals surface area contributed by atoms with Gasteiger partial charge in [-0.15, -0.1) is 0 Å². The molecule has 0 radical (unpaired) electrons. The summed E-state index contributed by atoms with van der Waals surface area (Å²) in [5.74, 6) is 0. The third-order valence-electron chi connectivity index (χ3n) is 3.79. The molecule has 0 unspecified atom stereocenters. The molecule has 1 aliphatic heterocycles. The average molecular weight is 229 g/mol. The van der Waals surface area contributed by atoms with Gasteiger partial charge in [0.25, 0.3) is 0 Å². The second kappa shape index (κ2) is 4.08. The van der Waals surface area contributed by atoms with Crippen LogP contribution >= 0.6 is 0 Å². The van der Waals surface area contributed by atoms with Gasteiger partial charge in [-0.1, -0.05) is 12.1 Å². The molecule has 0 aliphatic carbocycles. The van der Waals surface area contributed by atoms with Crippen molar-refractivity contribution in [2.75, 3.05) is 18.0 Å². The molecular formula is C14H19N3. The van der Waals surface area contributed by atoms with E-state index in [0.29, 0.717) is 6.54 Å². The van der Waals surface area contributed by atoms with Crippen LogP contribution in [-0.4, -0.2) is 17.7 Å². The van der Waals surface area contributed by atoms with Crippen LogP contribution in [0.2, 0.25) is 0 Å². The lowest BCUT2D eigenvalue weighted by molar-refractivity contribution is 0.845. The van der Waals surface area contributed by atoms with E-state index >= 15 is 0 Å². The Morgan fingerprint density at radius 3 is 2.71 bits per heavy atom. The average Bonchev–Trinajstić information content (AvgIpc) is 2.97. The maximum absolute atomic E-state index is 5.78. The van der Waals surface area contributed by atoms with Crippen LogP contribution in [0.3, 0.4) is 0 Å². The maximum Gasteiger partial charge on any atom is 0.0718 e. The lowest BCUT2D eigenvalue weighted by Gasteiger charge is -2.19. The van der Waals surface area contributed by atoms with E-state index in [1.807, 2.05) is 0 Å². The predicted molar refractivity (Wildman–Crippen MR) is 72.3 cm³/mol. The van der Waals surface area contributed by atoms with Crippen molar-refractivity contribution < 1.29 is 0 Å². The number of aromatic nitrogens is 1. The van der Waals surface area contributed by atoms with Gasteiger partial charge in [-0.25, -0.2) is 0 Å². The number of anilines is 1. The molecule has 3 heteroatoms. The summed E-state index contributed by atoms with van der Waals surface area (Å²) in [4.78, 5) is 2.49. The molecule has 1 fully saturated rings. The lowest BCUT2D eigenvalue weighted by atomic mass is 10.2. The minimum absolute atomic E-state index is 0.602. The van der Waals surface area contributed by atoms with Crippen LogP contribution in [0.1, 0.15) is 18.5 Å². The van der Waals surface area contributed by atoms with Crippen molar-refractivity contribution in [1.29, 1.82) is 0 Å². The van der Waals surface area contributed by atoms with Crippen LogP contribution in [0.25, 0.3) is 10.9 Å². The molecule has 90 valence electrons. The molecule has 1 aromatic heterocycles. The molecule has 2 aromatic rings. The largest absolute Gasteiger partial charge is 0.370 e. The molecule has 17 heavy (non-hydrogen) atoms. The molecule has 2 N–H and O–H groups in total. The van der Waals surface area contributed by atoms with Crippen molar-refractivity contribution in [1.82, 2.24) is 4.57 Å². The fourth-order valence-electron chi connectivity index (χ4n) is 2.86. The summed E-state index contributed by atoms with van der Waals surface area (Å²) in [6.07, 6.45) is 2.62. The zero-order valence-electron chi connectivity index (χ0n) is 10.3. The monoisotopic (exact) mass is 229 g/mol. The summed E-state index contributed by atoms with van der Waals surface area (Å²) >= 11 is 0. The van der Waals surface area contributed by atoms with E-state index < -0.39 is 0 Å². The number of hydrogen-bond donors (Lipinski definition) is 1. The highest BCUT2D eigenvalue weighted by Crippen LogP contribution is 2.31.